The molecule has 1 unspecified atom stereocenters. The molecule has 2 aromatic rings. The number of hydrazine groups is 1. The van der Waals surface area contributed by atoms with Crippen molar-refractivity contribution in [3.63, 3.8) is 0 Å². The minimum Gasteiger partial charge on any atom is -0.271 e. The highest BCUT2D eigenvalue weighted by atomic mass is 15.2. The van der Waals surface area contributed by atoms with Gasteiger partial charge < -0.3 is 0 Å². The molecule has 3 nitrogen and oxygen atoms in total. The number of nitrogens with one attached hydrogen (secondary N) is 1. The van der Waals surface area contributed by atoms with Crippen molar-refractivity contribution in [2.45, 2.75) is 32.7 Å². The van der Waals surface area contributed by atoms with E-state index in [1.165, 1.54) is 17.5 Å². The highest BCUT2D eigenvalue weighted by Gasteiger charge is 2.12. The van der Waals surface area contributed by atoms with Crippen molar-refractivity contribution >= 4 is 0 Å². The van der Waals surface area contributed by atoms with Crippen LogP contribution in [0, 0.1) is 6.92 Å². The number of nitrogens with zero attached hydrogens (tertiary/aromatic N) is 1. The second-order valence-corrected chi connectivity index (χ2v) is 4.82. The molecule has 3 heteroatoms. The Morgan fingerprint density at radius 1 is 1.16 bits per heavy atom. The number of pyridine rings is 1. The molecule has 0 spiro atoms. The molecule has 19 heavy (non-hydrogen) atoms. The van der Waals surface area contributed by atoms with Crippen molar-refractivity contribution in [2.75, 3.05) is 0 Å². The van der Waals surface area contributed by atoms with E-state index in [1.54, 1.807) is 0 Å². The van der Waals surface area contributed by atoms with E-state index in [0.717, 1.165) is 17.7 Å². The molecule has 1 aromatic carbocycles. The first-order chi connectivity index (χ1) is 9.24. The molecule has 3 N–H and O–H groups in total. The molecule has 2 rings (SSSR count). The molecule has 0 bridgehead atoms. The summed E-state index contributed by atoms with van der Waals surface area (Å²) in [7, 11) is 0. The molecule has 0 amide bonds. The van der Waals surface area contributed by atoms with Crippen LogP contribution >= 0.6 is 0 Å². The quantitative estimate of drug-likeness (QED) is 0.638. The summed E-state index contributed by atoms with van der Waals surface area (Å²) in [6.07, 6.45) is 4.11. The van der Waals surface area contributed by atoms with E-state index in [9.17, 15) is 0 Å². The highest BCUT2D eigenvalue weighted by molar-refractivity contribution is 5.33. The van der Waals surface area contributed by atoms with Gasteiger partial charge in [-0.1, -0.05) is 37.6 Å². The third kappa shape index (κ3) is 3.40. The van der Waals surface area contributed by atoms with Crippen molar-refractivity contribution in [1.82, 2.24) is 10.4 Å². The topological polar surface area (TPSA) is 50.9 Å². The van der Waals surface area contributed by atoms with Crippen LogP contribution in [-0.2, 0) is 6.42 Å². The van der Waals surface area contributed by atoms with Gasteiger partial charge in [-0.05, 0) is 42.2 Å². The zero-order valence-corrected chi connectivity index (χ0v) is 11.6. The summed E-state index contributed by atoms with van der Waals surface area (Å²) in [6, 6.07) is 12.7. The lowest BCUT2D eigenvalue weighted by Crippen LogP contribution is -2.28. The summed E-state index contributed by atoms with van der Waals surface area (Å²) >= 11 is 0. The van der Waals surface area contributed by atoms with Gasteiger partial charge >= 0.3 is 0 Å². The molecule has 1 atom stereocenters. The van der Waals surface area contributed by atoms with Crippen LogP contribution in [0.2, 0.25) is 0 Å². The minimum absolute atomic E-state index is 0.0115. The molecule has 0 saturated heterocycles. The van der Waals surface area contributed by atoms with Gasteiger partial charge in [-0.3, -0.25) is 10.8 Å². The normalized spacial score (nSPS) is 12.4. The number of hydrogen-bond donors (Lipinski definition) is 2. The van der Waals surface area contributed by atoms with Crippen molar-refractivity contribution in [2.24, 2.45) is 5.84 Å². The molecular formula is C16H21N3. The van der Waals surface area contributed by atoms with Gasteiger partial charge in [0.1, 0.15) is 0 Å². The average molecular weight is 255 g/mol. The number of aromatic nitrogens is 1. The monoisotopic (exact) mass is 255 g/mol. The Balaban J connectivity index is 2.26. The Kier molecular flexibility index (Phi) is 4.66. The van der Waals surface area contributed by atoms with E-state index in [2.05, 4.69) is 47.7 Å². The van der Waals surface area contributed by atoms with E-state index < -0.39 is 0 Å². The van der Waals surface area contributed by atoms with Crippen LogP contribution in [0.5, 0.6) is 0 Å². The minimum atomic E-state index is 0.0115. The predicted octanol–water partition coefficient (Wildman–Crippen LogP) is 2.90. The van der Waals surface area contributed by atoms with Crippen LogP contribution in [0.1, 0.15) is 41.8 Å². The summed E-state index contributed by atoms with van der Waals surface area (Å²) in [5.74, 6) is 5.71. The van der Waals surface area contributed by atoms with E-state index in [1.807, 2.05) is 19.2 Å². The maximum absolute atomic E-state index is 5.71. The fraction of sp³-hybridized carbons (Fsp3) is 0.312. The van der Waals surface area contributed by atoms with Crippen LogP contribution in [0.3, 0.4) is 0 Å². The lowest BCUT2D eigenvalue weighted by molar-refractivity contribution is 0.635. The van der Waals surface area contributed by atoms with Gasteiger partial charge in [0.15, 0.2) is 0 Å². The van der Waals surface area contributed by atoms with Gasteiger partial charge in [0, 0.05) is 11.9 Å². The maximum atomic E-state index is 5.71. The van der Waals surface area contributed by atoms with Gasteiger partial charge in [0.25, 0.3) is 0 Å². The smallest absolute Gasteiger partial charge is 0.0711 e. The third-order valence-corrected chi connectivity index (χ3v) is 3.27. The van der Waals surface area contributed by atoms with E-state index in [-0.39, 0.29) is 6.04 Å². The molecule has 1 heterocycles. The number of rotatable bonds is 5. The molecule has 0 saturated carbocycles. The molecule has 0 aliphatic rings. The molecule has 1 aromatic heterocycles. The molecule has 0 radical (unpaired) electrons. The first-order valence-electron chi connectivity index (χ1n) is 6.72. The Hall–Kier alpha value is -1.71. The largest absolute Gasteiger partial charge is 0.271 e. The lowest BCUT2D eigenvalue weighted by Gasteiger charge is -2.17. The maximum Gasteiger partial charge on any atom is 0.0711 e. The summed E-state index contributed by atoms with van der Waals surface area (Å²) in [5.41, 5.74) is 7.57. The number of benzene rings is 1. The zero-order chi connectivity index (χ0) is 13.7. The zero-order valence-electron chi connectivity index (χ0n) is 11.6. The summed E-state index contributed by atoms with van der Waals surface area (Å²) in [6.45, 7) is 4.18. The first kappa shape index (κ1) is 13.7. The van der Waals surface area contributed by atoms with Gasteiger partial charge in [-0.25, -0.2) is 5.43 Å². The van der Waals surface area contributed by atoms with Gasteiger partial charge in [-0.15, -0.1) is 0 Å². The van der Waals surface area contributed by atoms with E-state index >= 15 is 0 Å². The number of hydrogen-bond acceptors (Lipinski definition) is 3. The fourth-order valence-corrected chi connectivity index (χ4v) is 2.30. The standard InChI is InChI=1S/C16H21N3/c1-3-4-13-5-7-14(8-6-13)16(19-17)15-9-10-18-12(2)11-15/h5-11,16,19H,3-4,17H2,1-2H3. The van der Waals surface area contributed by atoms with Crippen molar-refractivity contribution in [3.8, 4) is 0 Å². The summed E-state index contributed by atoms with van der Waals surface area (Å²) < 4.78 is 0. The Labute approximate surface area is 114 Å². The van der Waals surface area contributed by atoms with Crippen LogP contribution < -0.4 is 11.3 Å². The second kappa shape index (κ2) is 6.45. The van der Waals surface area contributed by atoms with Crippen LogP contribution in [-0.4, -0.2) is 4.98 Å². The molecule has 0 aliphatic carbocycles. The first-order valence-corrected chi connectivity index (χ1v) is 6.72. The average Bonchev–Trinajstić information content (AvgIpc) is 2.42. The van der Waals surface area contributed by atoms with Gasteiger partial charge in [-0.2, -0.15) is 0 Å². The molecule has 0 aliphatic heterocycles. The van der Waals surface area contributed by atoms with Crippen molar-refractivity contribution in [3.05, 3.63) is 65.0 Å². The number of aryl methyl sites for hydroxylation is 2. The Morgan fingerprint density at radius 3 is 2.47 bits per heavy atom. The molecular weight excluding hydrogens is 234 g/mol. The van der Waals surface area contributed by atoms with Crippen molar-refractivity contribution in [1.29, 1.82) is 0 Å². The van der Waals surface area contributed by atoms with E-state index in [0.29, 0.717) is 0 Å². The van der Waals surface area contributed by atoms with Crippen molar-refractivity contribution < 1.29 is 0 Å². The second-order valence-electron chi connectivity index (χ2n) is 4.82. The predicted molar refractivity (Wildman–Crippen MR) is 78.6 cm³/mol. The van der Waals surface area contributed by atoms with Gasteiger partial charge in [0.05, 0.1) is 6.04 Å². The number of nitrogens with two attached hydrogens (primary N) is 1. The Morgan fingerprint density at radius 2 is 1.89 bits per heavy atom. The van der Waals surface area contributed by atoms with Crippen LogP contribution in [0.25, 0.3) is 0 Å². The summed E-state index contributed by atoms with van der Waals surface area (Å²) in [5, 5.41) is 0. The molecule has 0 fully saturated rings. The fourth-order valence-electron chi connectivity index (χ4n) is 2.30. The SMILES string of the molecule is CCCc1ccc(C(NN)c2ccnc(C)c2)cc1. The van der Waals surface area contributed by atoms with E-state index in [4.69, 9.17) is 5.84 Å². The van der Waals surface area contributed by atoms with Gasteiger partial charge in [0.2, 0.25) is 0 Å². The molecule has 100 valence electrons. The summed E-state index contributed by atoms with van der Waals surface area (Å²) in [4.78, 5) is 4.22. The lowest BCUT2D eigenvalue weighted by atomic mass is 9.98. The van der Waals surface area contributed by atoms with Crippen LogP contribution in [0.4, 0.5) is 0 Å². The van der Waals surface area contributed by atoms with Crippen LogP contribution in [0.15, 0.2) is 42.6 Å². The Bertz CT molecular complexity index is 520. The highest BCUT2D eigenvalue weighted by Crippen LogP contribution is 2.22. The third-order valence-electron chi connectivity index (χ3n) is 3.27.